The minimum Gasteiger partial charge on any atom is -0.326 e. The molecule has 2 aromatic rings. The zero-order chi connectivity index (χ0) is 20.2. The quantitative estimate of drug-likeness (QED) is 0.397. The van der Waals surface area contributed by atoms with Crippen molar-refractivity contribution in [3.63, 3.8) is 0 Å². The van der Waals surface area contributed by atoms with Crippen LogP contribution in [0.5, 0.6) is 0 Å². The van der Waals surface area contributed by atoms with Crippen molar-refractivity contribution in [1.82, 2.24) is 0 Å². The topological polar surface area (TPSA) is 58.2 Å². The molecule has 0 aliphatic heterocycles. The molecule has 2 N–H and O–H groups in total. The van der Waals surface area contributed by atoms with Crippen molar-refractivity contribution in [3.8, 4) is 0 Å². The summed E-state index contributed by atoms with van der Waals surface area (Å²) < 4.78 is 0. The molecule has 2 rings (SSSR count). The highest BCUT2D eigenvalue weighted by molar-refractivity contribution is 6.31. The van der Waals surface area contributed by atoms with E-state index in [9.17, 15) is 9.59 Å². The molecule has 150 valence electrons. The van der Waals surface area contributed by atoms with E-state index in [1.54, 1.807) is 24.3 Å². The minimum atomic E-state index is 0.0138. The number of hydrogen-bond acceptors (Lipinski definition) is 2. The fourth-order valence-corrected chi connectivity index (χ4v) is 3.24. The monoisotopic (exact) mass is 420 g/mol. The number of carbonyl (C=O) groups excluding carboxylic acids is 2. The Kier molecular flexibility index (Phi) is 9.87. The molecule has 6 heteroatoms. The van der Waals surface area contributed by atoms with E-state index in [0.717, 1.165) is 49.9 Å². The molecule has 0 saturated heterocycles. The lowest BCUT2D eigenvalue weighted by molar-refractivity contribution is -0.117. The largest absolute Gasteiger partial charge is 0.326 e. The predicted molar refractivity (Wildman–Crippen MR) is 117 cm³/mol. The maximum Gasteiger partial charge on any atom is 0.224 e. The molecule has 4 nitrogen and oxygen atoms in total. The lowest BCUT2D eigenvalue weighted by Gasteiger charge is -2.06. The van der Waals surface area contributed by atoms with Gasteiger partial charge in [-0.1, -0.05) is 61.0 Å². The fraction of sp³-hybridized carbons (Fsp3) is 0.364. The van der Waals surface area contributed by atoms with Gasteiger partial charge in [0.15, 0.2) is 0 Å². The lowest BCUT2D eigenvalue weighted by Crippen LogP contribution is -2.11. The normalized spacial score (nSPS) is 10.5. The number of nitrogens with one attached hydrogen (secondary N) is 2. The van der Waals surface area contributed by atoms with Gasteiger partial charge < -0.3 is 10.6 Å². The molecule has 0 aromatic heterocycles. The van der Waals surface area contributed by atoms with Crippen molar-refractivity contribution >= 4 is 46.4 Å². The van der Waals surface area contributed by atoms with Crippen LogP contribution in [-0.2, 0) is 9.59 Å². The van der Waals surface area contributed by atoms with Crippen molar-refractivity contribution in [2.75, 3.05) is 10.6 Å². The maximum absolute atomic E-state index is 11.9. The summed E-state index contributed by atoms with van der Waals surface area (Å²) in [7, 11) is 0. The molecule has 0 heterocycles. The highest BCUT2D eigenvalue weighted by atomic mass is 35.5. The lowest BCUT2D eigenvalue weighted by atomic mass is 10.1. The number of anilines is 2. The Morgan fingerprint density at radius 1 is 0.643 bits per heavy atom. The fourth-order valence-electron chi connectivity index (χ4n) is 2.86. The first-order valence-corrected chi connectivity index (χ1v) is 10.4. The van der Waals surface area contributed by atoms with E-state index in [1.807, 2.05) is 24.3 Å². The van der Waals surface area contributed by atoms with Crippen molar-refractivity contribution < 1.29 is 9.59 Å². The van der Waals surface area contributed by atoms with Gasteiger partial charge >= 0.3 is 0 Å². The van der Waals surface area contributed by atoms with Crippen LogP contribution in [0, 0.1) is 0 Å². The van der Waals surface area contributed by atoms with Gasteiger partial charge in [-0.05, 0) is 49.2 Å². The van der Waals surface area contributed by atoms with E-state index < -0.39 is 0 Å². The van der Waals surface area contributed by atoms with Crippen LogP contribution >= 0.6 is 23.2 Å². The summed E-state index contributed by atoms with van der Waals surface area (Å²) in [5, 5.41) is 6.93. The van der Waals surface area contributed by atoms with Crippen LogP contribution in [0.2, 0.25) is 10.0 Å². The van der Waals surface area contributed by atoms with E-state index in [-0.39, 0.29) is 11.8 Å². The predicted octanol–water partition coefficient (Wildman–Crippen LogP) is 6.69. The third kappa shape index (κ3) is 9.25. The van der Waals surface area contributed by atoms with Crippen molar-refractivity contribution in [2.45, 2.75) is 51.4 Å². The first-order chi connectivity index (χ1) is 13.5. The second-order valence-corrected chi connectivity index (χ2v) is 7.61. The highest BCUT2D eigenvalue weighted by Gasteiger charge is 2.04. The minimum absolute atomic E-state index is 0.0138. The van der Waals surface area contributed by atoms with Crippen LogP contribution in [0.15, 0.2) is 48.5 Å². The van der Waals surface area contributed by atoms with Gasteiger partial charge in [-0.15, -0.1) is 0 Å². The second kappa shape index (κ2) is 12.4. The molecule has 0 aliphatic carbocycles. The summed E-state index contributed by atoms with van der Waals surface area (Å²) in [5.74, 6) is 0.0277. The highest BCUT2D eigenvalue weighted by Crippen LogP contribution is 2.17. The van der Waals surface area contributed by atoms with Crippen molar-refractivity contribution in [1.29, 1.82) is 0 Å². The Labute approximate surface area is 176 Å². The van der Waals surface area contributed by atoms with Crippen molar-refractivity contribution in [2.24, 2.45) is 0 Å². The van der Waals surface area contributed by atoms with Crippen LogP contribution in [0.1, 0.15) is 51.4 Å². The Bertz CT molecular complexity index is 715. The maximum atomic E-state index is 11.9. The summed E-state index contributed by atoms with van der Waals surface area (Å²) in [4.78, 5) is 23.8. The molecule has 0 atom stereocenters. The smallest absolute Gasteiger partial charge is 0.224 e. The molecule has 0 spiro atoms. The van der Waals surface area contributed by atoms with Gasteiger partial charge in [-0.2, -0.15) is 0 Å². The van der Waals surface area contributed by atoms with Gasteiger partial charge in [-0.3, -0.25) is 9.59 Å². The Balaban J connectivity index is 1.47. The van der Waals surface area contributed by atoms with Crippen LogP contribution in [0.4, 0.5) is 11.4 Å². The third-order valence-electron chi connectivity index (χ3n) is 4.27. The van der Waals surface area contributed by atoms with Crippen LogP contribution in [0.25, 0.3) is 0 Å². The van der Waals surface area contributed by atoms with E-state index >= 15 is 0 Å². The molecular formula is C22H26Cl2N2O2. The first kappa shape index (κ1) is 22.3. The molecule has 0 unspecified atom stereocenters. The average molecular weight is 421 g/mol. The molecule has 0 bridgehead atoms. The van der Waals surface area contributed by atoms with Crippen LogP contribution in [0.3, 0.4) is 0 Å². The van der Waals surface area contributed by atoms with Gasteiger partial charge in [0.2, 0.25) is 11.8 Å². The molecule has 2 amide bonds. The van der Waals surface area contributed by atoms with E-state index in [1.165, 1.54) is 0 Å². The Morgan fingerprint density at radius 2 is 1.04 bits per heavy atom. The number of unbranched alkanes of at least 4 members (excludes halogenated alkanes) is 5. The Hall–Kier alpha value is -2.04. The summed E-state index contributed by atoms with van der Waals surface area (Å²) in [6.45, 7) is 0. The van der Waals surface area contributed by atoms with Crippen molar-refractivity contribution in [3.05, 3.63) is 58.6 Å². The third-order valence-corrected chi connectivity index (χ3v) is 4.74. The molecule has 0 saturated carbocycles. The standard InChI is InChI=1S/C22H26Cl2N2O2/c23-17-9-7-11-19(15-17)25-21(27)13-5-3-1-2-4-6-14-22(28)26-20-12-8-10-18(24)16-20/h7-12,15-16H,1-6,13-14H2,(H,25,27)(H,26,28). The number of benzene rings is 2. The molecule has 0 aliphatic rings. The zero-order valence-electron chi connectivity index (χ0n) is 15.8. The molecule has 28 heavy (non-hydrogen) atoms. The van der Waals surface area contributed by atoms with Gasteiger partial charge in [0, 0.05) is 34.3 Å². The average Bonchev–Trinajstić information content (AvgIpc) is 2.64. The molecular weight excluding hydrogens is 395 g/mol. The SMILES string of the molecule is O=C(CCCCCCCCC(=O)Nc1cccc(Cl)c1)Nc1cccc(Cl)c1. The summed E-state index contributed by atoms with van der Waals surface area (Å²) in [5.41, 5.74) is 1.46. The van der Waals surface area contributed by atoms with Gasteiger partial charge in [0.25, 0.3) is 0 Å². The summed E-state index contributed by atoms with van der Waals surface area (Å²) in [6.07, 6.45) is 6.91. The van der Waals surface area contributed by atoms with Gasteiger partial charge in [-0.25, -0.2) is 0 Å². The first-order valence-electron chi connectivity index (χ1n) is 9.64. The van der Waals surface area contributed by atoms with E-state index in [4.69, 9.17) is 23.2 Å². The molecule has 2 aromatic carbocycles. The Morgan fingerprint density at radius 3 is 1.43 bits per heavy atom. The molecule has 0 fully saturated rings. The van der Waals surface area contributed by atoms with E-state index in [0.29, 0.717) is 22.9 Å². The van der Waals surface area contributed by atoms with E-state index in [2.05, 4.69) is 10.6 Å². The number of carbonyl (C=O) groups is 2. The number of amides is 2. The van der Waals surface area contributed by atoms with Crippen LogP contribution in [-0.4, -0.2) is 11.8 Å². The number of halogens is 2. The second-order valence-electron chi connectivity index (χ2n) is 6.74. The number of hydrogen-bond donors (Lipinski definition) is 2. The van der Waals surface area contributed by atoms with Crippen LogP contribution < -0.4 is 10.6 Å². The molecule has 0 radical (unpaired) electrons. The van der Waals surface area contributed by atoms with Gasteiger partial charge in [0.1, 0.15) is 0 Å². The summed E-state index contributed by atoms with van der Waals surface area (Å²) in [6, 6.07) is 14.3. The zero-order valence-corrected chi connectivity index (χ0v) is 17.4. The summed E-state index contributed by atoms with van der Waals surface area (Å²) >= 11 is 11.8. The van der Waals surface area contributed by atoms with Gasteiger partial charge in [0.05, 0.1) is 0 Å². The number of rotatable bonds is 11.